The molecule has 0 fully saturated rings. The molecule has 0 radical (unpaired) electrons. The van der Waals surface area contributed by atoms with E-state index in [9.17, 15) is 0 Å². The molecule has 0 unspecified atom stereocenters. The summed E-state index contributed by atoms with van der Waals surface area (Å²) in [5.74, 6) is 1.52. The topological polar surface area (TPSA) is 56.7 Å². The Hall–Kier alpha value is -6.85. The van der Waals surface area contributed by atoms with Gasteiger partial charge in [-0.3, -0.25) is 0 Å². The summed E-state index contributed by atoms with van der Waals surface area (Å²) in [7, 11) is 0. The molecule has 0 saturated heterocycles. The molecule has 0 spiro atoms. The fourth-order valence-electron chi connectivity index (χ4n) is 6.52. The summed E-state index contributed by atoms with van der Waals surface area (Å²) in [6, 6.07) is 35.6. The summed E-state index contributed by atoms with van der Waals surface area (Å²) in [5.41, 5.74) is 6.12. The average molecular weight is 649 g/mol. The van der Waals surface area contributed by atoms with E-state index in [1.54, 1.807) is 12.1 Å². The van der Waals surface area contributed by atoms with E-state index in [4.69, 9.17) is 30.3 Å². The average Bonchev–Trinajstić information content (AvgIpc) is 3.83. The van der Waals surface area contributed by atoms with Gasteiger partial charge in [0.1, 0.15) is 11.2 Å². The lowest BCUT2D eigenvalue weighted by Crippen LogP contribution is -2.00. The van der Waals surface area contributed by atoms with Gasteiger partial charge < -0.3 is 8.98 Å². The van der Waals surface area contributed by atoms with Gasteiger partial charge in [-0.05, 0) is 53.5 Å². The second-order valence-corrected chi connectivity index (χ2v) is 11.9. The Balaban J connectivity index is 1.13. The molecule has 0 bridgehead atoms. The van der Waals surface area contributed by atoms with Crippen molar-refractivity contribution in [3.8, 4) is 51.0 Å². The maximum atomic E-state index is 8.87. The van der Waals surface area contributed by atoms with E-state index < -0.39 is 24.2 Å². The maximum Gasteiger partial charge on any atom is 0.164 e. The highest BCUT2D eigenvalue weighted by Gasteiger charge is 2.17. The van der Waals surface area contributed by atoms with Crippen molar-refractivity contribution in [2.45, 2.75) is 0 Å². The third kappa shape index (κ3) is 4.67. The lowest BCUT2D eigenvalue weighted by atomic mass is 10.0. The van der Waals surface area contributed by atoms with E-state index in [1.165, 1.54) is 4.57 Å². The van der Waals surface area contributed by atoms with Crippen LogP contribution in [0.25, 0.3) is 94.7 Å². The second kappa shape index (κ2) is 11.4. The van der Waals surface area contributed by atoms with Crippen LogP contribution in [0.15, 0.2) is 174 Å². The number of rotatable bonds is 5. The predicted molar refractivity (Wildman–Crippen MR) is 203 cm³/mol. The van der Waals surface area contributed by atoms with Gasteiger partial charge in [0.05, 0.1) is 22.0 Å². The minimum absolute atomic E-state index is 0.0149. The summed E-state index contributed by atoms with van der Waals surface area (Å²) in [5, 5.41) is 1.56. The van der Waals surface area contributed by atoms with E-state index in [0.29, 0.717) is 34.3 Å². The van der Waals surface area contributed by atoms with Gasteiger partial charge in [0, 0.05) is 50.0 Å². The largest absolute Gasteiger partial charge is 0.456 e. The Morgan fingerprint density at radius 2 is 0.940 bits per heavy atom. The van der Waals surface area contributed by atoms with Crippen LogP contribution in [0.4, 0.5) is 0 Å². The molecule has 0 aliphatic rings. The summed E-state index contributed by atoms with van der Waals surface area (Å²) in [4.78, 5) is 14.8. The van der Waals surface area contributed by atoms with Crippen molar-refractivity contribution < 1.29 is 15.4 Å². The van der Waals surface area contributed by atoms with Crippen LogP contribution in [-0.2, 0) is 0 Å². The van der Waals surface area contributed by atoms with Gasteiger partial charge in [-0.15, -0.1) is 0 Å². The molecule has 5 heteroatoms. The summed E-state index contributed by atoms with van der Waals surface area (Å²) >= 11 is 0. The molecule has 3 aromatic heterocycles. The number of para-hydroxylation sites is 2. The molecular weight excluding hydrogens is 613 g/mol. The van der Waals surface area contributed by atoms with Crippen LogP contribution in [0.3, 0.4) is 0 Å². The van der Waals surface area contributed by atoms with Crippen molar-refractivity contribution in [3.63, 3.8) is 0 Å². The van der Waals surface area contributed by atoms with Gasteiger partial charge in [0.25, 0.3) is 0 Å². The quantitative estimate of drug-likeness (QED) is 0.186. The first kappa shape index (κ1) is 21.2. The Labute approximate surface area is 299 Å². The number of hydrogen-bond donors (Lipinski definition) is 0. The maximum absolute atomic E-state index is 8.87. The molecule has 0 aliphatic heterocycles. The number of benzene rings is 7. The smallest absolute Gasteiger partial charge is 0.164 e. The molecule has 234 valence electrons. The lowest BCUT2D eigenvalue weighted by molar-refractivity contribution is 0.668. The van der Waals surface area contributed by atoms with E-state index in [0.717, 1.165) is 38.6 Å². The van der Waals surface area contributed by atoms with Crippen LogP contribution in [0.2, 0.25) is 0 Å². The molecule has 10 rings (SSSR count). The Morgan fingerprint density at radius 1 is 0.420 bits per heavy atom. The monoisotopic (exact) mass is 648 g/mol. The van der Waals surface area contributed by atoms with E-state index >= 15 is 0 Å². The van der Waals surface area contributed by atoms with Crippen LogP contribution in [0.5, 0.6) is 0 Å². The highest BCUT2D eigenvalue weighted by Crippen LogP contribution is 2.37. The van der Waals surface area contributed by atoms with Crippen LogP contribution in [0.1, 0.15) is 11.0 Å². The van der Waals surface area contributed by atoms with Crippen LogP contribution >= 0.6 is 0 Å². The minimum Gasteiger partial charge on any atom is -0.456 e. The molecular formula is C45H28N4O. The fourth-order valence-corrected chi connectivity index (χ4v) is 6.52. The first-order chi connectivity index (χ1) is 28.1. The Bertz CT molecular complexity index is 3240. The molecule has 5 nitrogen and oxygen atoms in total. The van der Waals surface area contributed by atoms with Crippen LogP contribution in [0, 0.1) is 0 Å². The zero-order valence-electron chi connectivity index (χ0n) is 34.2. The number of aromatic nitrogens is 4. The van der Waals surface area contributed by atoms with Gasteiger partial charge in [-0.2, -0.15) is 0 Å². The van der Waals surface area contributed by atoms with Crippen LogP contribution in [-0.4, -0.2) is 19.5 Å². The molecule has 50 heavy (non-hydrogen) atoms. The van der Waals surface area contributed by atoms with Gasteiger partial charge >= 0.3 is 0 Å². The second-order valence-electron chi connectivity index (χ2n) is 11.9. The van der Waals surface area contributed by atoms with Gasteiger partial charge in [-0.1, -0.05) is 121 Å². The number of hydrogen-bond acceptors (Lipinski definition) is 4. The van der Waals surface area contributed by atoms with Crippen LogP contribution < -0.4 is 0 Å². The van der Waals surface area contributed by atoms with Crippen molar-refractivity contribution in [1.29, 1.82) is 0 Å². The van der Waals surface area contributed by atoms with Crippen molar-refractivity contribution in [2.24, 2.45) is 0 Å². The van der Waals surface area contributed by atoms with Gasteiger partial charge in [0.15, 0.2) is 17.5 Å². The third-order valence-corrected chi connectivity index (χ3v) is 8.92. The fraction of sp³-hybridized carbons (Fsp3) is 0. The number of fused-ring (bicyclic) bond motifs is 6. The number of nitrogens with zero attached hydrogens (tertiary/aromatic N) is 4. The first-order valence-corrected chi connectivity index (χ1v) is 16.0. The van der Waals surface area contributed by atoms with Crippen molar-refractivity contribution in [3.05, 3.63) is 170 Å². The Kier molecular flexibility index (Phi) is 4.83. The zero-order valence-corrected chi connectivity index (χ0v) is 26.2. The Morgan fingerprint density at radius 3 is 1.60 bits per heavy atom. The van der Waals surface area contributed by atoms with Gasteiger partial charge in [0.2, 0.25) is 0 Å². The summed E-state index contributed by atoms with van der Waals surface area (Å²) < 4.78 is 76.7. The molecule has 0 atom stereocenters. The summed E-state index contributed by atoms with van der Waals surface area (Å²) in [6.07, 6.45) is 0. The van der Waals surface area contributed by atoms with Crippen molar-refractivity contribution in [1.82, 2.24) is 19.5 Å². The van der Waals surface area contributed by atoms with E-state index in [2.05, 4.69) is 24.3 Å². The van der Waals surface area contributed by atoms with E-state index in [-0.39, 0.29) is 46.0 Å². The summed E-state index contributed by atoms with van der Waals surface area (Å²) in [6.45, 7) is 0. The van der Waals surface area contributed by atoms with Crippen molar-refractivity contribution in [2.75, 3.05) is 0 Å². The molecule has 0 amide bonds. The molecule has 0 N–H and O–H groups in total. The highest BCUT2D eigenvalue weighted by atomic mass is 16.3. The lowest BCUT2D eigenvalue weighted by Gasteiger charge is -2.09. The molecule has 10 aromatic rings. The van der Waals surface area contributed by atoms with Gasteiger partial charge in [-0.25, -0.2) is 15.0 Å². The minimum atomic E-state index is -0.491. The standard InChI is InChI=1S/C45H28N4O/c1-3-11-29(12-4-1)30-19-21-32(22-20-30)44-46-43(31-13-5-2-6-14-31)47-45(48-44)33-23-26-41-38(27-33)37-25-24-34(28-42(37)50-41)49-39-17-9-7-15-35(39)36-16-8-10-18-40(36)49/h1-28H/i7D,8D,9D,10D,15D,16D,17D,18D. The highest BCUT2D eigenvalue weighted by molar-refractivity contribution is 6.10. The molecule has 0 saturated carbocycles. The first-order valence-electron chi connectivity index (χ1n) is 20.0. The third-order valence-electron chi connectivity index (χ3n) is 8.92. The zero-order chi connectivity index (χ0) is 40.0. The molecule has 7 aromatic carbocycles. The molecule has 0 aliphatic carbocycles. The number of furan rings is 1. The van der Waals surface area contributed by atoms with E-state index in [1.807, 2.05) is 84.9 Å². The normalized spacial score (nSPS) is 13.8. The predicted octanol–water partition coefficient (Wildman–Crippen LogP) is 11.5. The van der Waals surface area contributed by atoms with Crippen molar-refractivity contribution >= 4 is 43.7 Å². The molecule has 3 heterocycles. The SMILES string of the molecule is [2H]c1c([2H])c([2H])c2c(c1[2H])c1c([2H])c([2H])c([2H])c([2H])c1n2-c1ccc2c(c1)oc1ccc(-c3nc(-c4ccccc4)nc(-c4ccc(-c5ccccc5)cc4)n3)cc12.